The van der Waals surface area contributed by atoms with E-state index in [1.54, 1.807) is 0 Å². The van der Waals surface area contributed by atoms with Gasteiger partial charge in [0.15, 0.2) is 0 Å². The summed E-state index contributed by atoms with van der Waals surface area (Å²) in [6.07, 6.45) is 3.07. The van der Waals surface area contributed by atoms with Crippen LogP contribution < -0.4 is 10.2 Å². The molecule has 0 aliphatic carbocycles. The average Bonchev–Trinajstić information content (AvgIpc) is 2.68. The van der Waals surface area contributed by atoms with Gasteiger partial charge in [-0.3, -0.25) is 4.79 Å². The van der Waals surface area contributed by atoms with Gasteiger partial charge in [0.05, 0.1) is 5.92 Å². The van der Waals surface area contributed by atoms with Gasteiger partial charge in [-0.15, -0.1) is 0 Å². The molecular formula is C22H28N2O. The quantitative estimate of drug-likeness (QED) is 0.890. The van der Waals surface area contributed by atoms with Gasteiger partial charge in [-0.25, -0.2) is 0 Å². The van der Waals surface area contributed by atoms with Crippen molar-refractivity contribution < 1.29 is 4.79 Å². The van der Waals surface area contributed by atoms with E-state index in [-0.39, 0.29) is 17.9 Å². The van der Waals surface area contributed by atoms with E-state index in [9.17, 15) is 4.79 Å². The molecule has 0 radical (unpaired) electrons. The lowest BCUT2D eigenvalue weighted by Crippen LogP contribution is -2.46. The fourth-order valence-corrected chi connectivity index (χ4v) is 3.60. The van der Waals surface area contributed by atoms with E-state index in [4.69, 9.17) is 0 Å². The van der Waals surface area contributed by atoms with Crippen molar-refractivity contribution in [2.24, 2.45) is 0 Å². The zero-order chi connectivity index (χ0) is 17.6. The molecule has 1 fully saturated rings. The first-order valence-electron chi connectivity index (χ1n) is 9.37. The van der Waals surface area contributed by atoms with Crippen LogP contribution in [0.15, 0.2) is 54.6 Å². The Kier molecular flexibility index (Phi) is 5.75. The molecular weight excluding hydrogens is 308 g/mol. The average molecular weight is 336 g/mol. The summed E-state index contributed by atoms with van der Waals surface area (Å²) < 4.78 is 0. The van der Waals surface area contributed by atoms with Crippen molar-refractivity contribution in [1.82, 2.24) is 5.32 Å². The zero-order valence-electron chi connectivity index (χ0n) is 15.2. The molecule has 0 aromatic heterocycles. The Bertz CT molecular complexity index is 690. The molecule has 1 atom stereocenters. The van der Waals surface area contributed by atoms with E-state index in [1.165, 1.54) is 11.3 Å². The molecule has 0 spiro atoms. The smallest absolute Gasteiger partial charge is 0.227 e. The summed E-state index contributed by atoms with van der Waals surface area (Å²) >= 11 is 0. The molecule has 2 aromatic carbocycles. The van der Waals surface area contributed by atoms with Crippen molar-refractivity contribution in [2.45, 2.75) is 45.1 Å². The van der Waals surface area contributed by atoms with Crippen LogP contribution in [0.5, 0.6) is 0 Å². The molecule has 3 heteroatoms. The van der Waals surface area contributed by atoms with Gasteiger partial charge >= 0.3 is 0 Å². The number of hydrogen-bond donors (Lipinski definition) is 1. The van der Waals surface area contributed by atoms with Gasteiger partial charge in [0.1, 0.15) is 0 Å². The molecule has 3 nitrogen and oxygen atoms in total. The number of rotatable bonds is 5. The maximum atomic E-state index is 12.5. The van der Waals surface area contributed by atoms with Gasteiger partial charge in [0.2, 0.25) is 5.91 Å². The lowest BCUT2D eigenvalue weighted by molar-refractivity contribution is -0.123. The van der Waals surface area contributed by atoms with Crippen molar-refractivity contribution in [3.63, 3.8) is 0 Å². The predicted molar refractivity (Wildman–Crippen MR) is 104 cm³/mol. The van der Waals surface area contributed by atoms with E-state index in [2.05, 4.69) is 41.4 Å². The van der Waals surface area contributed by atoms with Gasteiger partial charge in [0, 0.05) is 24.8 Å². The third kappa shape index (κ3) is 4.22. The third-order valence-electron chi connectivity index (χ3n) is 5.25. The molecule has 1 N–H and O–H groups in total. The molecule has 0 bridgehead atoms. The molecule has 132 valence electrons. The maximum absolute atomic E-state index is 12.5. The fraction of sp³-hybridized carbons (Fsp3) is 0.409. The highest BCUT2D eigenvalue weighted by Crippen LogP contribution is 2.25. The summed E-state index contributed by atoms with van der Waals surface area (Å²) in [5, 5.41) is 3.25. The molecule has 25 heavy (non-hydrogen) atoms. The summed E-state index contributed by atoms with van der Waals surface area (Å²) in [6.45, 7) is 6.19. The first kappa shape index (κ1) is 17.5. The summed E-state index contributed by atoms with van der Waals surface area (Å²) in [4.78, 5) is 15.0. The van der Waals surface area contributed by atoms with E-state index in [0.29, 0.717) is 0 Å². The number of aryl methyl sites for hydroxylation is 1. The van der Waals surface area contributed by atoms with Crippen molar-refractivity contribution in [3.8, 4) is 0 Å². The van der Waals surface area contributed by atoms with Crippen LogP contribution in [-0.4, -0.2) is 25.0 Å². The Morgan fingerprint density at radius 3 is 2.40 bits per heavy atom. The molecule has 1 amide bonds. The SMILES string of the molecule is CCc1ccccc1N1CCC(NC(=O)C(C)c2ccccc2)CC1. The number of para-hydroxylation sites is 1. The summed E-state index contributed by atoms with van der Waals surface area (Å²) in [6, 6.07) is 18.9. The van der Waals surface area contributed by atoms with Gasteiger partial charge < -0.3 is 10.2 Å². The summed E-state index contributed by atoms with van der Waals surface area (Å²) in [5.41, 5.74) is 3.84. The molecule has 1 saturated heterocycles. The monoisotopic (exact) mass is 336 g/mol. The van der Waals surface area contributed by atoms with Crippen LogP contribution in [-0.2, 0) is 11.2 Å². The fourth-order valence-electron chi connectivity index (χ4n) is 3.60. The molecule has 1 aliphatic heterocycles. The van der Waals surface area contributed by atoms with E-state index < -0.39 is 0 Å². The standard InChI is InChI=1S/C22H28N2O/c1-3-18-9-7-8-12-21(18)24-15-13-20(14-16-24)23-22(25)17(2)19-10-5-4-6-11-19/h4-12,17,20H,3,13-16H2,1-2H3,(H,23,25). The number of benzene rings is 2. The second kappa shape index (κ2) is 8.19. The Labute approximate surface area is 151 Å². The number of hydrogen-bond acceptors (Lipinski definition) is 2. The molecule has 3 rings (SSSR count). The van der Waals surface area contributed by atoms with Gasteiger partial charge in [-0.05, 0) is 43.4 Å². The number of nitrogens with zero attached hydrogens (tertiary/aromatic N) is 1. The molecule has 1 aliphatic rings. The second-order valence-electron chi connectivity index (χ2n) is 6.88. The Balaban J connectivity index is 1.55. The topological polar surface area (TPSA) is 32.3 Å². The predicted octanol–water partition coefficient (Wildman–Crippen LogP) is 4.14. The minimum Gasteiger partial charge on any atom is -0.371 e. The van der Waals surface area contributed by atoms with Crippen LogP contribution >= 0.6 is 0 Å². The lowest BCUT2D eigenvalue weighted by Gasteiger charge is -2.35. The van der Waals surface area contributed by atoms with Gasteiger partial charge in [0.25, 0.3) is 0 Å². The van der Waals surface area contributed by atoms with E-state index in [0.717, 1.165) is 37.9 Å². The number of carbonyl (C=O) groups excluding carboxylic acids is 1. The molecule has 1 heterocycles. The summed E-state index contributed by atoms with van der Waals surface area (Å²) in [5.74, 6) is 0.0404. The van der Waals surface area contributed by atoms with Crippen molar-refractivity contribution in [2.75, 3.05) is 18.0 Å². The highest BCUT2D eigenvalue weighted by Gasteiger charge is 2.24. The minimum atomic E-state index is -0.0972. The van der Waals surface area contributed by atoms with Gasteiger partial charge in [-0.1, -0.05) is 55.5 Å². The normalized spacial score (nSPS) is 16.5. The number of amides is 1. The van der Waals surface area contributed by atoms with Crippen LogP contribution in [0.25, 0.3) is 0 Å². The third-order valence-corrected chi connectivity index (χ3v) is 5.25. The highest BCUT2D eigenvalue weighted by atomic mass is 16.1. The van der Waals surface area contributed by atoms with Crippen LogP contribution in [0.1, 0.15) is 43.7 Å². The van der Waals surface area contributed by atoms with Crippen LogP contribution in [0.4, 0.5) is 5.69 Å². The number of piperidine rings is 1. The maximum Gasteiger partial charge on any atom is 0.227 e. The molecule has 0 saturated carbocycles. The zero-order valence-corrected chi connectivity index (χ0v) is 15.2. The molecule has 2 aromatic rings. The van der Waals surface area contributed by atoms with Crippen LogP contribution in [0.2, 0.25) is 0 Å². The Morgan fingerprint density at radius 2 is 1.72 bits per heavy atom. The number of carbonyl (C=O) groups is 1. The number of anilines is 1. The largest absolute Gasteiger partial charge is 0.371 e. The van der Waals surface area contributed by atoms with Gasteiger partial charge in [-0.2, -0.15) is 0 Å². The summed E-state index contributed by atoms with van der Waals surface area (Å²) in [7, 11) is 0. The van der Waals surface area contributed by atoms with Crippen molar-refractivity contribution in [3.05, 3.63) is 65.7 Å². The second-order valence-corrected chi connectivity index (χ2v) is 6.88. The van der Waals surface area contributed by atoms with Crippen LogP contribution in [0.3, 0.4) is 0 Å². The first-order valence-corrected chi connectivity index (χ1v) is 9.37. The Morgan fingerprint density at radius 1 is 1.08 bits per heavy atom. The molecule has 1 unspecified atom stereocenters. The Hall–Kier alpha value is -2.29. The van der Waals surface area contributed by atoms with E-state index >= 15 is 0 Å². The minimum absolute atomic E-state index is 0.0972. The van der Waals surface area contributed by atoms with Crippen LogP contribution in [0, 0.1) is 0 Å². The van der Waals surface area contributed by atoms with E-state index in [1.807, 2.05) is 37.3 Å². The lowest BCUT2D eigenvalue weighted by atomic mass is 9.98. The highest BCUT2D eigenvalue weighted by molar-refractivity contribution is 5.83. The first-order chi connectivity index (χ1) is 12.2. The van der Waals surface area contributed by atoms with Crippen molar-refractivity contribution >= 4 is 11.6 Å². The van der Waals surface area contributed by atoms with Crippen molar-refractivity contribution in [1.29, 1.82) is 0 Å². The number of nitrogens with one attached hydrogen (secondary N) is 1.